The minimum atomic E-state index is -0.205. The maximum atomic E-state index is 13.1. The van der Waals surface area contributed by atoms with Crippen LogP contribution in [0.5, 0.6) is 0 Å². The summed E-state index contributed by atoms with van der Waals surface area (Å²) in [4.78, 5) is 28.1. The third-order valence-corrected chi connectivity index (χ3v) is 5.81. The Labute approximate surface area is 173 Å². The van der Waals surface area contributed by atoms with Crippen molar-refractivity contribution in [3.05, 3.63) is 69.1 Å². The molecule has 1 N–H and O–H groups in total. The van der Waals surface area contributed by atoms with E-state index in [4.69, 9.17) is 0 Å². The highest BCUT2D eigenvalue weighted by molar-refractivity contribution is 5.95. The monoisotopic (exact) mass is 395 g/mol. The number of hydrogen-bond donors (Lipinski definition) is 1. The highest BCUT2D eigenvalue weighted by Crippen LogP contribution is 2.19. The minimum Gasteiger partial charge on any atom is -0.349 e. The summed E-state index contributed by atoms with van der Waals surface area (Å²) in [6.07, 6.45) is 5.77. The fourth-order valence-electron chi connectivity index (χ4n) is 4.18. The summed E-state index contributed by atoms with van der Waals surface area (Å²) in [5.41, 5.74) is 3.15. The Morgan fingerprint density at radius 2 is 1.83 bits per heavy atom. The topological polar surface area (TPSA) is 54.3 Å². The summed E-state index contributed by atoms with van der Waals surface area (Å²) in [6.45, 7) is 3.57. The first-order valence-electron chi connectivity index (χ1n) is 10.7. The minimum absolute atomic E-state index is 0.165. The quantitative estimate of drug-likeness (QED) is 0.747. The largest absolute Gasteiger partial charge is 0.349 e. The van der Waals surface area contributed by atoms with Crippen molar-refractivity contribution in [3.63, 3.8) is 0 Å². The van der Waals surface area contributed by atoms with Gasteiger partial charge in [-0.3, -0.25) is 9.59 Å². The zero-order valence-electron chi connectivity index (χ0n) is 17.9. The molecule has 1 amide bonds. The van der Waals surface area contributed by atoms with Gasteiger partial charge in [-0.25, -0.2) is 0 Å². The molecule has 0 radical (unpaired) electrons. The van der Waals surface area contributed by atoms with E-state index in [-0.39, 0.29) is 17.4 Å². The molecule has 0 atom stereocenters. The Balaban J connectivity index is 1.95. The lowest BCUT2D eigenvalue weighted by atomic mass is 10.0. The van der Waals surface area contributed by atoms with Crippen LogP contribution in [0.1, 0.15) is 53.0 Å². The van der Waals surface area contributed by atoms with E-state index in [1.54, 1.807) is 6.07 Å². The molecule has 2 aromatic rings. The van der Waals surface area contributed by atoms with E-state index in [1.807, 2.05) is 39.2 Å². The Kier molecular flexibility index (Phi) is 7.26. The van der Waals surface area contributed by atoms with E-state index in [0.29, 0.717) is 12.0 Å². The van der Waals surface area contributed by atoms with Crippen LogP contribution in [0.4, 0.5) is 0 Å². The van der Waals surface area contributed by atoms with Crippen LogP contribution < -0.4 is 10.7 Å². The van der Waals surface area contributed by atoms with Crippen LogP contribution >= 0.6 is 0 Å². The van der Waals surface area contributed by atoms with Gasteiger partial charge in [-0.1, -0.05) is 43.2 Å². The fraction of sp³-hybridized carbons (Fsp3) is 0.500. The Hall–Kier alpha value is -2.40. The van der Waals surface area contributed by atoms with Crippen LogP contribution in [-0.4, -0.2) is 42.1 Å². The molecule has 1 aromatic heterocycles. The van der Waals surface area contributed by atoms with E-state index in [0.717, 1.165) is 56.6 Å². The van der Waals surface area contributed by atoms with Crippen LogP contribution in [0.3, 0.4) is 0 Å². The van der Waals surface area contributed by atoms with Crippen molar-refractivity contribution in [1.29, 1.82) is 0 Å². The molecule has 1 heterocycles. The zero-order chi connectivity index (χ0) is 20.8. The van der Waals surface area contributed by atoms with Crippen molar-refractivity contribution in [2.45, 2.75) is 58.0 Å². The van der Waals surface area contributed by atoms with Crippen LogP contribution in [-0.2, 0) is 19.4 Å². The van der Waals surface area contributed by atoms with Crippen LogP contribution in [0.2, 0.25) is 0 Å². The molecule has 0 bridgehead atoms. The van der Waals surface area contributed by atoms with Gasteiger partial charge in [0.2, 0.25) is 0 Å². The number of nitrogens with one attached hydrogen (secondary N) is 1. The molecule has 1 aliphatic carbocycles. The normalized spacial score (nSPS) is 14.5. The number of aromatic nitrogens is 1. The number of hydrogen-bond acceptors (Lipinski definition) is 3. The van der Waals surface area contributed by atoms with E-state index in [1.165, 1.54) is 5.56 Å². The zero-order valence-corrected chi connectivity index (χ0v) is 17.9. The summed E-state index contributed by atoms with van der Waals surface area (Å²) >= 11 is 0. The molecule has 0 unspecified atom stereocenters. The molecular weight excluding hydrogens is 362 g/mol. The van der Waals surface area contributed by atoms with Gasteiger partial charge in [0.05, 0.1) is 0 Å². The molecule has 0 spiro atoms. The van der Waals surface area contributed by atoms with Gasteiger partial charge in [-0.05, 0) is 52.3 Å². The Morgan fingerprint density at radius 3 is 2.48 bits per heavy atom. The number of carbonyl (C=O) groups excluding carboxylic acids is 1. The molecular formula is C24H33N3O2. The fourth-order valence-corrected chi connectivity index (χ4v) is 4.18. The van der Waals surface area contributed by atoms with Crippen molar-refractivity contribution in [3.8, 4) is 0 Å². The number of amides is 1. The maximum absolute atomic E-state index is 13.1. The summed E-state index contributed by atoms with van der Waals surface area (Å²) in [5, 5.41) is 3.12. The predicted octanol–water partition coefficient (Wildman–Crippen LogP) is 3.18. The number of benzene rings is 1. The molecule has 1 saturated carbocycles. The molecule has 0 aliphatic heterocycles. The molecule has 1 fully saturated rings. The van der Waals surface area contributed by atoms with Gasteiger partial charge in [0, 0.05) is 36.6 Å². The number of pyridine rings is 1. The molecule has 1 aromatic carbocycles. The van der Waals surface area contributed by atoms with Gasteiger partial charge >= 0.3 is 0 Å². The van der Waals surface area contributed by atoms with Gasteiger partial charge in [0.1, 0.15) is 5.56 Å². The lowest BCUT2D eigenvalue weighted by molar-refractivity contribution is 0.0934. The number of likely N-dealkylation sites (N-methyl/N-ethyl adjacent to an activating group) is 1. The smallest absolute Gasteiger partial charge is 0.257 e. The summed E-state index contributed by atoms with van der Waals surface area (Å²) in [7, 11) is 4.07. The van der Waals surface area contributed by atoms with Crippen LogP contribution in [0.15, 0.2) is 41.2 Å². The third kappa shape index (κ3) is 5.57. The van der Waals surface area contributed by atoms with Crippen molar-refractivity contribution < 1.29 is 4.79 Å². The van der Waals surface area contributed by atoms with Crippen molar-refractivity contribution in [2.75, 3.05) is 20.6 Å². The van der Waals surface area contributed by atoms with E-state index < -0.39 is 0 Å². The lowest BCUT2D eigenvalue weighted by Gasteiger charge is -2.22. The summed E-state index contributed by atoms with van der Waals surface area (Å²) < 4.78 is 2.16. The second-order valence-electron chi connectivity index (χ2n) is 8.37. The van der Waals surface area contributed by atoms with Crippen molar-refractivity contribution in [2.24, 2.45) is 0 Å². The molecule has 0 saturated heterocycles. The molecule has 29 heavy (non-hydrogen) atoms. The number of carbonyl (C=O) groups is 1. The average Bonchev–Trinajstić information content (AvgIpc) is 3.19. The van der Waals surface area contributed by atoms with Crippen molar-refractivity contribution in [1.82, 2.24) is 14.8 Å². The van der Waals surface area contributed by atoms with E-state index in [2.05, 4.69) is 26.9 Å². The second kappa shape index (κ2) is 9.88. The Bertz CT molecular complexity index is 881. The highest BCUT2D eigenvalue weighted by Gasteiger charge is 2.24. The van der Waals surface area contributed by atoms with Crippen LogP contribution in [0, 0.1) is 6.92 Å². The summed E-state index contributed by atoms with van der Waals surface area (Å²) in [6, 6.07) is 12.1. The first-order valence-corrected chi connectivity index (χ1v) is 10.7. The third-order valence-electron chi connectivity index (χ3n) is 5.81. The SMILES string of the molecule is Cc1cc(=O)c(C(=O)NC2CCCC2)c(CCc2ccccc2)n1CCN(C)C. The number of aryl methyl sites for hydroxylation is 2. The lowest BCUT2D eigenvalue weighted by Crippen LogP contribution is -2.38. The van der Waals surface area contributed by atoms with Gasteiger partial charge in [-0.2, -0.15) is 0 Å². The van der Waals surface area contributed by atoms with Gasteiger partial charge in [0.15, 0.2) is 5.43 Å². The first-order chi connectivity index (χ1) is 14.0. The molecule has 5 heteroatoms. The number of nitrogens with zero attached hydrogens (tertiary/aromatic N) is 2. The molecule has 5 nitrogen and oxygen atoms in total. The molecule has 3 rings (SSSR count). The predicted molar refractivity (Wildman–Crippen MR) is 118 cm³/mol. The molecule has 156 valence electrons. The van der Waals surface area contributed by atoms with E-state index >= 15 is 0 Å². The van der Waals surface area contributed by atoms with Crippen LogP contribution in [0.25, 0.3) is 0 Å². The van der Waals surface area contributed by atoms with E-state index in [9.17, 15) is 9.59 Å². The van der Waals surface area contributed by atoms with Gasteiger partial charge < -0.3 is 14.8 Å². The van der Waals surface area contributed by atoms with Gasteiger partial charge in [0.25, 0.3) is 5.91 Å². The molecule has 1 aliphatic rings. The standard InChI is InChI=1S/C24H33N3O2/c1-18-17-22(28)23(24(29)25-20-11-7-8-12-20)21(27(18)16-15-26(2)3)14-13-19-9-5-4-6-10-19/h4-6,9-10,17,20H,7-8,11-16H2,1-3H3,(H,25,29). The van der Waals surface area contributed by atoms with Crippen molar-refractivity contribution >= 4 is 5.91 Å². The highest BCUT2D eigenvalue weighted by atomic mass is 16.2. The number of rotatable bonds is 8. The van der Waals surface area contributed by atoms with Gasteiger partial charge in [-0.15, -0.1) is 0 Å². The Morgan fingerprint density at radius 1 is 1.14 bits per heavy atom. The second-order valence-corrected chi connectivity index (χ2v) is 8.37. The maximum Gasteiger partial charge on any atom is 0.257 e. The first kappa shape index (κ1) is 21.3. The summed E-state index contributed by atoms with van der Waals surface area (Å²) in [5.74, 6) is -0.205. The average molecular weight is 396 g/mol.